The molecule has 0 fully saturated rings. The van der Waals surface area contributed by atoms with E-state index in [4.69, 9.17) is 11.6 Å². The van der Waals surface area contributed by atoms with E-state index in [0.29, 0.717) is 15.1 Å². The molecule has 2 aromatic rings. The highest BCUT2D eigenvalue weighted by Gasteiger charge is 2.12. The number of amides is 1. The van der Waals surface area contributed by atoms with Crippen LogP contribution in [0.15, 0.2) is 45.8 Å². The highest BCUT2D eigenvalue weighted by Crippen LogP contribution is 2.22. The van der Waals surface area contributed by atoms with Crippen molar-refractivity contribution in [2.24, 2.45) is 7.05 Å². The summed E-state index contributed by atoms with van der Waals surface area (Å²) in [6, 6.07) is 8.08. The molecule has 0 aliphatic rings. The number of benzene rings is 1. The van der Waals surface area contributed by atoms with Gasteiger partial charge in [0.1, 0.15) is 5.69 Å². The number of pyridine rings is 1. The van der Waals surface area contributed by atoms with Crippen LogP contribution < -0.4 is 10.9 Å². The molecule has 0 saturated carbocycles. The van der Waals surface area contributed by atoms with E-state index in [9.17, 15) is 9.59 Å². The van der Waals surface area contributed by atoms with Crippen LogP contribution in [-0.2, 0) is 7.05 Å². The van der Waals surface area contributed by atoms with Crippen molar-refractivity contribution in [3.63, 3.8) is 0 Å². The van der Waals surface area contributed by atoms with Crippen LogP contribution >= 0.6 is 27.5 Å². The number of carbonyl (C=O) groups is 1. The second-order valence-electron chi connectivity index (χ2n) is 3.92. The predicted molar refractivity (Wildman–Crippen MR) is 78.8 cm³/mol. The normalized spacial score (nSPS) is 10.3. The second kappa shape index (κ2) is 5.59. The number of nitrogens with one attached hydrogen (secondary N) is 1. The van der Waals surface area contributed by atoms with Gasteiger partial charge in [0.2, 0.25) is 0 Å². The number of hydrogen-bond acceptors (Lipinski definition) is 2. The molecule has 2 rings (SSSR count). The Morgan fingerprint density at radius 2 is 2.11 bits per heavy atom. The second-order valence-corrected chi connectivity index (χ2v) is 5.21. The van der Waals surface area contributed by atoms with Crippen molar-refractivity contribution in [1.82, 2.24) is 4.57 Å². The van der Waals surface area contributed by atoms with E-state index >= 15 is 0 Å². The number of anilines is 1. The molecule has 1 N–H and O–H groups in total. The van der Waals surface area contributed by atoms with Crippen LogP contribution in [0.4, 0.5) is 5.69 Å². The fraction of sp³-hybridized carbons (Fsp3) is 0.0769. The molecule has 0 aliphatic heterocycles. The standard InChI is InChI=1S/C13H10BrClN2O2/c1-17-6-2-3-11(13(17)19)16-12(18)9-5-4-8(15)7-10(9)14/h2-7H,1H3,(H,16,18). The third kappa shape index (κ3) is 3.05. The summed E-state index contributed by atoms with van der Waals surface area (Å²) in [4.78, 5) is 23.9. The van der Waals surface area contributed by atoms with E-state index in [1.54, 1.807) is 43.6 Å². The number of aromatic nitrogens is 1. The van der Waals surface area contributed by atoms with Crippen LogP contribution in [0, 0.1) is 0 Å². The summed E-state index contributed by atoms with van der Waals surface area (Å²) in [5.41, 5.74) is 0.382. The maximum Gasteiger partial charge on any atom is 0.274 e. The van der Waals surface area contributed by atoms with Crippen LogP contribution in [0.5, 0.6) is 0 Å². The summed E-state index contributed by atoms with van der Waals surface area (Å²) in [5.74, 6) is -0.369. The van der Waals surface area contributed by atoms with E-state index in [2.05, 4.69) is 21.2 Å². The largest absolute Gasteiger partial charge is 0.317 e. The fourth-order valence-electron chi connectivity index (χ4n) is 1.56. The van der Waals surface area contributed by atoms with Crippen molar-refractivity contribution >= 4 is 39.1 Å². The van der Waals surface area contributed by atoms with Crippen LogP contribution in [0.25, 0.3) is 0 Å². The van der Waals surface area contributed by atoms with Gasteiger partial charge >= 0.3 is 0 Å². The average molecular weight is 342 g/mol. The first-order valence-corrected chi connectivity index (χ1v) is 6.58. The van der Waals surface area contributed by atoms with Gasteiger partial charge in [0, 0.05) is 22.7 Å². The highest BCUT2D eigenvalue weighted by atomic mass is 79.9. The van der Waals surface area contributed by atoms with Crippen molar-refractivity contribution in [2.45, 2.75) is 0 Å². The Hall–Kier alpha value is -1.59. The Labute approximate surface area is 123 Å². The zero-order chi connectivity index (χ0) is 14.0. The molecule has 1 aromatic heterocycles. The Morgan fingerprint density at radius 3 is 2.79 bits per heavy atom. The quantitative estimate of drug-likeness (QED) is 0.913. The number of halogens is 2. The maximum atomic E-state index is 12.1. The van der Waals surface area contributed by atoms with Crippen molar-refractivity contribution in [2.75, 3.05) is 5.32 Å². The molecule has 4 nitrogen and oxygen atoms in total. The van der Waals surface area contributed by atoms with Gasteiger partial charge in [0.05, 0.1) is 5.56 Å². The summed E-state index contributed by atoms with van der Waals surface area (Å²) >= 11 is 9.08. The minimum atomic E-state index is -0.369. The summed E-state index contributed by atoms with van der Waals surface area (Å²) in [6.07, 6.45) is 1.62. The van der Waals surface area contributed by atoms with Gasteiger partial charge in [-0.2, -0.15) is 0 Å². The monoisotopic (exact) mass is 340 g/mol. The van der Waals surface area contributed by atoms with Crippen LogP contribution in [-0.4, -0.2) is 10.5 Å². The fourth-order valence-corrected chi connectivity index (χ4v) is 2.42. The Bertz CT molecular complexity index is 697. The Balaban J connectivity index is 2.31. The lowest BCUT2D eigenvalue weighted by Crippen LogP contribution is -2.23. The minimum Gasteiger partial charge on any atom is -0.317 e. The van der Waals surface area contributed by atoms with Gasteiger partial charge in [0.25, 0.3) is 11.5 Å². The minimum absolute atomic E-state index is 0.233. The molecule has 0 atom stereocenters. The molecule has 0 saturated heterocycles. The number of carbonyl (C=O) groups excluding carboxylic acids is 1. The van der Waals surface area contributed by atoms with Crippen LogP contribution in [0.3, 0.4) is 0 Å². The average Bonchev–Trinajstić information content (AvgIpc) is 2.34. The predicted octanol–water partition coefficient (Wildman–Crippen LogP) is 3.05. The van der Waals surface area contributed by atoms with Gasteiger partial charge in [-0.1, -0.05) is 11.6 Å². The molecule has 98 valence electrons. The zero-order valence-electron chi connectivity index (χ0n) is 9.98. The summed E-state index contributed by atoms with van der Waals surface area (Å²) in [5, 5.41) is 3.11. The lowest BCUT2D eigenvalue weighted by molar-refractivity contribution is 0.102. The smallest absolute Gasteiger partial charge is 0.274 e. The third-order valence-corrected chi connectivity index (χ3v) is 3.44. The molecule has 1 aromatic carbocycles. The molecule has 0 spiro atoms. The molecule has 0 aliphatic carbocycles. The molecule has 1 heterocycles. The van der Waals surface area contributed by atoms with Crippen LogP contribution in [0.2, 0.25) is 5.02 Å². The van der Waals surface area contributed by atoms with Crippen molar-refractivity contribution in [1.29, 1.82) is 0 Å². The first-order chi connectivity index (χ1) is 8.99. The molecular weight excluding hydrogens is 332 g/mol. The van der Waals surface area contributed by atoms with Gasteiger partial charge in [0.15, 0.2) is 0 Å². The Kier molecular flexibility index (Phi) is 4.07. The molecule has 0 radical (unpaired) electrons. The van der Waals surface area contributed by atoms with Crippen molar-refractivity contribution in [3.8, 4) is 0 Å². The topological polar surface area (TPSA) is 51.1 Å². The molecular formula is C13H10BrClN2O2. The number of rotatable bonds is 2. The first kappa shape index (κ1) is 13.8. The highest BCUT2D eigenvalue weighted by molar-refractivity contribution is 9.10. The maximum absolute atomic E-state index is 12.1. The third-order valence-electron chi connectivity index (χ3n) is 2.55. The van der Waals surface area contributed by atoms with E-state index in [1.807, 2.05) is 0 Å². The summed E-state index contributed by atoms with van der Waals surface area (Å²) in [7, 11) is 1.62. The van der Waals surface area contributed by atoms with Crippen LogP contribution in [0.1, 0.15) is 10.4 Å². The molecule has 19 heavy (non-hydrogen) atoms. The van der Waals surface area contributed by atoms with E-state index < -0.39 is 0 Å². The molecule has 0 unspecified atom stereocenters. The van der Waals surface area contributed by atoms with Gasteiger partial charge < -0.3 is 9.88 Å². The lowest BCUT2D eigenvalue weighted by atomic mass is 10.2. The van der Waals surface area contributed by atoms with Crippen molar-refractivity contribution < 1.29 is 4.79 Å². The molecule has 1 amide bonds. The van der Waals surface area contributed by atoms with Gasteiger partial charge in [-0.25, -0.2) is 0 Å². The number of aryl methyl sites for hydroxylation is 1. The SMILES string of the molecule is Cn1cccc(NC(=O)c2ccc(Cl)cc2Br)c1=O. The lowest BCUT2D eigenvalue weighted by Gasteiger charge is -2.07. The molecule has 0 bridgehead atoms. The van der Waals surface area contributed by atoms with E-state index in [-0.39, 0.29) is 17.2 Å². The van der Waals surface area contributed by atoms with E-state index in [0.717, 1.165) is 0 Å². The van der Waals surface area contributed by atoms with Gasteiger partial charge in [-0.15, -0.1) is 0 Å². The number of nitrogens with zero attached hydrogens (tertiary/aromatic N) is 1. The van der Waals surface area contributed by atoms with Crippen molar-refractivity contribution in [3.05, 3.63) is 61.9 Å². The summed E-state index contributed by atoms with van der Waals surface area (Å²) in [6.45, 7) is 0. The van der Waals surface area contributed by atoms with Gasteiger partial charge in [-0.3, -0.25) is 9.59 Å². The first-order valence-electron chi connectivity index (χ1n) is 5.41. The zero-order valence-corrected chi connectivity index (χ0v) is 12.3. The summed E-state index contributed by atoms with van der Waals surface area (Å²) < 4.78 is 1.97. The van der Waals surface area contributed by atoms with E-state index in [1.165, 1.54) is 4.57 Å². The Morgan fingerprint density at radius 1 is 1.37 bits per heavy atom. The molecule has 6 heteroatoms. The van der Waals surface area contributed by atoms with Gasteiger partial charge in [-0.05, 0) is 46.3 Å². The number of hydrogen-bond donors (Lipinski definition) is 1.